The van der Waals surface area contributed by atoms with Crippen LogP contribution < -0.4 is 9.64 Å². The molecule has 0 atom stereocenters. The molecule has 4 rings (SSSR count). The number of fused-ring (bicyclic) bond motifs is 1. The third-order valence-electron chi connectivity index (χ3n) is 6.17. The molecule has 2 heterocycles. The predicted molar refractivity (Wildman–Crippen MR) is 144 cm³/mol. The number of rotatable bonds is 5. The molecule has 3 aromatic rings. The number of aryl methyl sites for hydroxylation is 1. The molecule has 0 N–H and O–H groups in total. The van der Waals surface area contributed by atoms with E-state index >= 15 is 0 Å². The van der Waals surface area contributed by atoms with Crippen LogP contribution in [0, 0.1) is 0 Å². The number of ether oxygens (including phenoxy) is 2. The molecule has 0 aliphatic carbocycles. The summed E-state index contributed by atoms with van der Waals surface area (Å²) in [5, 5.41) is 0.676. The van der Waals surface area contributed by atoms with Gasteiger partial charge in [-0.3, -0.25) is 0 Å². The maximum Gasteiger partial charge on any atom is 0.410 e. The van der Waals surface area contributed by atoms with E-state index < -0.39 is 15.4 Å². The van der Waals surface area contributed by atoms with Gasteiger partial charge < -0.3 is 23.8 Å². The van der Waals surface area contributed by atoms with E-state index in [0.717, 1.165) is 9.99 Å². The first-order valence-electron chi connectivity index (χ1n) is 11.9. The summed E-state index contributed by atoms with van der Waals surface area (Å²) < 4.78 is 41.5. The number of sulfone groups is 1. The third kappa shape index (κ3) is 5.20. The van der Waals surface area contributed by atoms with Crippen LogP contribution in [0.2, 0.25) is 0 Å². The van der Waals surface area contributed by atoms with Crippen LogP contribution in [0.3, 0.4) is 0 Å². The smallest absolute Gasteiger partial charge is 0.410 e. The molecule has 0 radical (unpaired) electrons. The number of hydrogen-bond donors (Lipinski definition) is 0. The average Bonchev–Trinajstić information content (AvgIpc) is 3.21. The van der Waals surface area contributed by atoms with Crippen LogP contribution in [-0.4, -0.2) is 62.9 Å². The van der Waals surface area contributed by atoms with Crippen LogP contribution in [0.15, 0.2) is 56.9 Å². The van der Waals surface area contributed by atoms with E-state index in [9.17, 15) is 13.2 Å². The molecule has 2 aromatic carbocycles. The standard InChI is InChI=1S/C26H32BrN3O5S/c1-6-28-17-24(20-15-18(27)7-9-21(20)28)36(32,33)19-8-10-23(34-5)22(16-19)29-11-13-30(14-12-29)25(31)35-26(2,3)4/h7-10,15-17H,6,11-14H2,1-5H3. The lowest BCUT2D eigenvalue weighted by atomic mass is 10.2. The lowest BCUT2D eigenvalue weighted by molar-refractivity contribution is 0.0240. The Morgan fingerprint density at radius 3 is 2.36 bits per heavy atom. The summed E-state index contributed by atoms with van der Waals surface area (Å²) >= 11 is 3.47. The quantitative estimate of drug-likeness (QED) is 0.408. The molecule has 1 amide bonds. The Morgan fingerprint density at radius 1 is 1.06 bits per heavy atom. The number of aromatic nitrogens is 1. The summed E-state index contributed by atoms with van der Waals surface area (Å²) in [6.07, 6.45) is 1.36. The number of nitrogens with zero attached hydrogens (tertiary/aromatic N) is 3. The fraction of sp³-hybridized carbons (Fsp3) is 0.423. The van der Waals surface area contributed by atoms with Crippen LogP contribution in [0.5, 0.6) is 5.75 Å². The summed E-state index contributed by atoms with van der Waals surface area (Å²) in [7, 11) is -2.24. The van der Waals surface area contributed by atoms with Gasteiger partial charge in [0.25, 0.3) is 0 Å². The molecular formula is C26H32BrN3O5S. The van der Waals surface area contributed by atoms with Crippen molar-refractivity contribution in [1.82, 2.24) is 9.47 Å². The van der Waals surface area contributed by atoms with Gasteiger partial charge in [0.05, 0.1) is 22.6 Å². The zero-order valence-electron chi connectivity index (χ0n) is 21.2. The van der Waals surface area contributed by atoms with Gasteiger partial charge in [-0.1, -0.05) is 15.9 Å². The molecule has 0 unspecified atom stereocenters. The normalized spacial score (nSPS) is 14.8. The highest BCUT2D eigenvalue weighted by Gasteiger charge is 2.29. The van der Waals surface area contributed by atoms with Crippen LogP contribution in [-0.2, 0) is 21.1 Å². The number of amides is 1. The highest BCUT2D eigenvalue weighted by Crippen LogP contribution is 2.37. The Kier molecular flexibility index (Phi) is 7.30. The van der Waals surface area contributed by atoms with E-state index in [1.54, 1.807) is 36.4 Å². The average molecular weight is 579 g/mol. The van der Waals surface area contributed by atoms with E-state index in [4.69, 9.17) is 9.47 Å². The Balaban J connectivity index is 1.66. The maximum atomic E-state index is 13.8. The van der Waals surface area contributed by atoms with Crippen molar-refractivity contribution in [2.45, 2.75) is 49.6 Å². The Hall–Kier alpha value is -2.72. The fourth-order valence-electron chi connectivity index (χ4n) is 4.38. The molecule has 194 valence electrons. The van der Waals surface area contributed by atoms with Crippen LogP contribution in [0.25, 0.3) is 10.9 Å². The number of carbonyl (C=O) groups is 1. The third-order valence-corrected chi connectivity index (χ3v) is 8.44. The highest BCUT2D eigenvalue weighted by atomic mass is 79.9. The van der Waals surface area contributed by atoms with Crippen LogP contribution in [0.1, 0.15) is 27.7 Å². The van der Waals surface area contributed by atoms with Gasteiger partial charge >= 0.3 is 6.09 Å². The first-order chi connectivity index (χ1) is 16.9. The van der Waals surface area contributed by atoms with E-state index in [1.807, 2.05) is 55.4 Å². The summed E-state index contributed by atoms with van der Waals surface area (Å²) in [6.45, 7) is 10.2. The minimum absolute atomic E-state index is 0.197. The molecule has 0 spiro atoms. The predicted octanol–water partition coefficient (Wildman–Crippen LogP) is 5.32. The number of halogens is 1. The molecule has 36 heavy (non-hydrogen) atoms. The lowest BCUT2D eigenvalue weighted by Crippen LogP contribution is -2.50. The van der Waals surface area contributed by atoms with Gasteiger partial charge in [-0.2, -0.15) is 0 Å². The van der Waals surface area contributed by atoms with Gasteiger partial charge in [0, 0.05) is 54.3 Å². The Bertz CT molecular complexity index is 1390. The molecule has 10 heteroatoms. The molecule has 0 saturated carbocycles. The second-order valence-corrected chi connectivity index (χ2v) is 12.6. The zero-order chi connectivity index (χ0) is 26.3. The molecule has 1 fully saturated rings. The first kappa shape index (κ1) is 26.3. The van der Waals surface area contributed by atoms with Crippen molar-refractivity contribution in [1.29, 1.82) is 0 Å². The highest BCUT2D eigenvalue weighted by molar-refractivity contribution is 9.10. The molecule has 0 bridgehead atoms. The number of methoxy groups -OCH3 is 1. The second-order valence-electron chi connectivity index (χ2n) is 9.73. The number of carbonyl (C=O) groups excluding carboxylic acids is 1. The van der Waals surface area contributed by atoms with Crippen molar-refractivity contribution >= 4 is 48.5 Å². The van der Waals surface area contributed by atoms with E-state index in [1.165, 1.54) is 0 Å². The van der Waals surface area contributed by atoms with E-state index in [0.29, 0.717) is 49.5 Å². The molecule has 1 aromatic heterocycles. The largest absolute Gasteiger partial charge is 0.495 e. The Morgan fingerprint density at radius 2 is 1.75 bits per heavy atom. The van der Waals surface area contributed by atoms with Crippen LogP contribution >= 0.6 is 15.9 Å². The van der Waals surface area contributed by atoms with Crippen molar-refractivity contribution in [3.8, 4) is 5.75 Å². The lowest BCUT2D eigenvalue weighted by Gasteiger charge is -2.37. The molecule has 1 saturated heterocycles. The summed E-state index contributed by atoms with van der Waals surface area (Å²) in [5.41, 5.74) is 0.991. The van der Waals surface area contributed by atoms with E-state index in [2.05, 4.69) is 15.9 Å². The number of piperazine rings is 1. The van der Waals surface area contributed by atoms with Gasteiger partial charge in [-0.15, -0.1) is 0 Å². The van der Waals surface area contributed by atoms with Gasteiger partial charge in [0.2, 0.25) is 9.84 Å². The van der Waals surface area contributed by atoms with Gasteiger partial charge in [0.1, 0.15) is 11.4 Å². The second kappa shape index (κ2) is 9.97. The Labute approximate surface area is 220 Å². The topological polar surface area (TPSA) is 81.1 Å². The molecule has 1 aliphatic rings. The van der Waals surface area contributed by atoms with Crippen molar-refractivity contribution in [3.63, 3.8) is 0 Å². The SMILES string of the molecule is CCn1cc(S(=O)(=O)c2ccc(OC)c(N3CCN(C(=O)OC(C)(C)C)CC3)c2)c2cc(Br)ccc21. The zero-order valence-corrected chi connectivity index (χ0v) is 23.6. The molecule has 8 nitrogen and oxygen atoms in total. The fourth-order valence-corrected chi connectivity index (χ4v) is 6.23. The molecule has 1 aliphatic heterocycles. The van der Waals surface area contributed by atoms with Crippen molar-refractivity contribution < 1.29 is 22.7 Å². The first-order valence-corrected chi connectivity index (χ1v) is 14.2. The van der Waals surface area contributed by atoms with E-state index in [-0.39, 0.29) is 15.9 Å². The minimum atomic E-state index is -3.81. The molecular weight excluding hydrogens is 546 g/mol. The minimum Gasteiger partial charge on any atom is -0.495 e. The maximum absolute atomic E-state index is 13.8. The van der Waals surface area contributed by atoms with Gasteiger partial charge in [-0.25, -0.2) is 13.2 Å². The number of benzene rings is 2. The van der Waals surface area contributed by atoms with Crippen molar-refractivity contribution in [2.75, 3.05) is 38.2 Å². The summed E-state index contributed by atoms with van der Waals surface area (Å²) in [4.78, 5) is 16.6. The summed E-state index contributed by atoms with van der Waals surface area (Å²) in [5.74, 6) is 0.582. The van der Waals surface area contributed by atoms with Crippen molar-refractivity contribution in [3.05, 3.63) is 47.1 Å². The number of hydrogen-bond acceptors (Lipinski definition) is 6. The van der Waals surface area contributed by atoms with Crippen molar-refractivity contribution in [2.24, 2.45) is 0 Å². The van der Waals surface area contributed by atoms with Gasteiger partial charge in [-0.05, 0) is 64.1 Å². The number of anilines is 1. The van der Waals surface area contributed by atoms with Crippen LogP contribution in [0.4, 0.5) is 10.5 Å². The summed E-state index contributed by atoms with van der Waals surface area (Å²) in [6, 6.07) is 10.6. The monoisotopic (exact) mass is 577 g/mol. The van der Waals surface area contributed by atoms with Gasteiger partial charge in [0.15, 0.2) is 0 Å².